The summed E-state index contributed by atoms with van der Waals surface area (Å²) in [6, 6.07) is 10.5. The van der Waals surface area contributed by atoms with Crippen LogP contribution < -0.4 is 10.6 Å². The normalized spacial score (nSPS) is 19.9. The fourth-order valence-electron chi connectivity index (χ4n) is 2.48. The standard InChI is InChI=1S/C17H28N4O/c1-3-18-17(19-10-9-15-7-5-4-6-8-15)20-13-16-14-21(2)11-12-22-16/h4-8,16H,3,9-14H2,1-2H3,(H2,18,19,20). The minimum Gasteiger partial charge on any atom is -0.374 e. The second-order valence-corrected chi connectivity index (χ2v) is 5.64. The molecule has 2 rings (SSSR count). The maximum absolute atomic E-state index is 5.75. The van der Waals surface area contributed by atoms with Crippen LogP contribution >= 0.6 is 0 Å². The minimum absolute atomic E-state index is 0.198. The zero-order chi connectivity index (χ0) is 15.6. The predicted octanol–water partition coefficient (Wildman–Crippen LogP) is 1.11. The van der Waals surface area contributed by atoms with Crippen LogP contribution in [-0.4, -0.2) is 63.3 Å². The number of hydrogen-bond donors (Lipinski definition) is 2. The first-order valence-corrected chi connectivity index (χ1v) is 8.14. The van der Waals surface area contributed by atoms with Crippen LogP contribution in [0.4, 0.5) is 0 Å². The summed E-state index contributed by atoms with van der Waals surface area (Å²) in [5.41, 5.74) is 1.34. The number of benzene rings is 1. The van der Waals surface area contributed by atoms with Crippen molar-refractivity contribution in [2.75, 3.05) is 46.4 Å². The van der Waals surface area contributed by atoms with E-state index in [1.807, 2.05) is 6.07 Å². The Morgan fingerprint density at radius 2 is 2.14 bits per heavy atom. The first-order chi connectivity index (χ1) is 10.8. The van der Waals surface area contributed by atoms with Crippen LogP contribution in [0.1, 0.15) is 12.5 Å². The van der Waals surface area contributed by atoms with E-state index in [1.54, 1.807) is 0 Å². The van der Waals surface area contributed by atoms with Gasteiger partial charge in [-0.1, -0.05) is 30.3 Å². The van der Waals surface area contributed by atoms with E-state index in [0.717, 1.165) is 45.2 Å². The Hall–Kier alpha value is -1.59. The van der Waals surface area contributed by atoms with Gasteiger partial charge >= 0.3 is 0 Å². The molecule has 5 heteroatoms. The Bertz CT molecular complexity index is 449. The Labute approximate surface area is 133 Å². The first-order valence-electron chi connectivity index (χ1n) is 8.14. The molecule has 1 saturated heterocycles. The number of rotatable bonds is 6. The zero-order valence-corrected chi connectivity index (χ0v) is 13.7. The van der Waals surface area contributed by atoms with Gasteiger partial charge in [-0.2, -0.15) is 0 Å². The Morgan fingerprint density at radius 3 is 2.86 bits per heavy atom. The van der Waals surface area contributed by atoms with Gasteiger partial charge in [-0.25, -0.2) is 0 Å². The lowest BCUT2D eigenvalue weighted by molar-refractivity contribution is -0.0136. The fourth-order valence-corrected chi connectivity index (χ4v) is 2.48. The highest BCUT2D eigenvalue weighted by molar-refractivity contribution is 5.79. The second-order valence-electron chi connectivity index (χ2n) is 5.64. The molecule has 1 aliphatic heterocycles. The molecule has 1 fully saturated rings. The monoisotopic (exact) mass is 304 g/mol. The van der Waals surface area contributed by atoms with Gasteiger partial charge in [-0.05, 0) is 26.0 Å². The Kier molecular flexibility index (Phi) is 7.19. The number of hydrogen-bond acceptors (Lipinski definition) is 3. The van der Waals surface area contributed by atoms with Gasteiger partial charge in [0, 0.05) is 26.2 Å². The summed E-state index contributed by atoms with van der Waals surface area (Å²) in [5, 5.41) is 6.68. The van der Waals surface area contributed by atoms with E-state index >= 15 is 0 Å². The summed E-state index contributed by atoms with van der Waals surface area (Å²) >= 11 is 0. The maximum Gasteiger partial charge on any atom is 0.191 e. The van der Waals surface area contributed by atoms with Gasteiger partial charge < -0.3 is 20.3 Å². The topological polar surface area (TPSA) is 48.9 Å². The van der Waals surface area contributed by atoms with Crippen molar-refractivity contribution >= 4 is 5.96 Å². The largest absolute Gasteiger partial charge is 0.374 e. The molecule has 2 N–H and O–H groups in total. The zero-order valence-electron chi connectivity index (χ0n) is 13.7. The smallest absolute Gasteiger partial charge is 0.191 e. The molecular weight excluding hydrogens is 276 g/mol. The molecule has 0 spiro atoms. The third-order valence-corrected chi connectivity index (χ3v) is 3.69. The predicted molar refractivity (Wildman–Crippen MR) is 91.4 cm³/mol. The van der Waals surface area contributed by atoms with Crippen LogP contribution in [0.15, 0.2) is 35.3 Å². The fraction of sp³-hybridized carbons (Fsp3) is 0.588. The van der Waals surface area contributed by atoms with Crippen LogP contribution in [0, 0.1) is 0 Å². The average Bonchev–Trinajstić information content (AvgIpc) is 2.54. The summed E-state index contributed by atoms with van der Waals surface area (Å²) < 4.78 is 5.75. The lowest BCUT2D eigenvalue weighted by Crippen LogP contribution is -2.43. The van der Waals surface area contributed by atoms with E-state index in [4.69, 9.17) is 4.74 Å². The number of nitrogens with zero attached hydrogens (tertiary/aromatic N) is 2. The number of guanidine groups is 1. The van der Waals surface area contributed by atoms with Crippen molar-refractivity contribution in [2.24, 2.45) is 4.99 Å². The highest BCUT2D eigenvalue weighted by Crippen LogP contribution is 2.03. The third kappa shape index (κ3) is 6.03. The van der Waals surface area contributed by atoms with Crippen LogP contribution in [0.2, 0.25) is 0 Å². The molecule has 1 heterocycles. The molecule has 0 bridgehead atoms. The van der Waals surface area contributed by atoms with Crippen LogP contribution in [-0.2, 0) is 11.2 Å². The van der Waals surface area contributed by atoms with Crippen molar-refractivity contribution in [3.63, 3.8) is 0 Å². The highest BCUT2D eigenvalue weighted by atomic mass is 16.5. The molecule has 0 aromatic heterocycles. The lowest BCUT2D eigenvalue weighted by atomic mass is 10.1. The van der Waals surface area contributed by atoms with Crippen molar-refractivity contribution < 1.29 is 4.74 Å². The van der Waals surface area contributed by atoms with Gasteiger partial charge in [0.15, 0.2) is 5.96 Å². The number of ether oxygens (including phenoxy) is 1. The summed E-state index contributed by atoms with van der Waals surface area (Å²) in [6.45, 7) is 7.28. The summed E-state index contributed by atoms with van der Waals surface area (Å²) in [7, 11) is 2.13. The van der Waals surface area contributed by atoms with Crippen molar-refractivity contribution in [3.05, 3.63) is 35.9 Å². The molecule has 5 nitrogen and oxygen atoms in total. The Balaban J connectivity index is 1.77. The van der Waals surface area contributed by atoms with Crippen LogP contribution in [0.5, 0.6) is 0 Å². The van der Waals surface area contributed by atoms with E-state index in [-0.39, 0.29) is 6.10 Å². The van der Waals surface area contributed by atoms with E-state index in [2.05, 4.69) is 58.8 Å². The molecular formula is C17H28N4O. The molecule has 1 atom stereocenters. The third-order valence-electron chi connectivity index (χ3n) is 3.69. The van der Waals surface area contributed by atoms with Gasteiger partial charge in [-0.3, -0.25) is 4.99 Å². The highest BCUT2D eigenvalue weighted by Gasteiger charge is 2.17. The van der Waals surface area contributed by atoms with Crippen molar-refractivity contribution in [1.82, 2.24) is 15.5 Å². The lowest BCUT2D eigenvalue weighted by Gasteiger charge is -2.29. The van der Waals surface area contributed by atoms with Crippen molar-refractivity contribution in [1.29, 1.82) is 0 Å². The molecule has 122 valence electrons. The quantitative estimate of drug-likeness (QED) is 0.611. The van der Waals surface area contributed by atoms with Gasteiger partial charge in [-0.15, -0.1) is 0 Å². The molecule has 0 aliphatic carbocycles. The van der Waals surface area contributed by atoms with Gasteiger partial charge in [0.05, 0.1) is 19.3 Å². The number of morpholine rings is 1. The van der Waals surface area contributed by atoms with E-state index in [0.29, 0.717) is 6.54 Å². The van der Waals surface area contributed by atoms with Crippen LogP contribution in [0.25, 0.3) is 0 Å². The molecule has 1 unspecified atom stereocenters. The van der Waals surface area contributed by atoms with Gasteiger partial charge in [0.25, 0.3) is 0 Å². The molecule has 1 aliphatic rings. The molecule has 22 heavy (non-hydrogen) atoms. The maximum atomic E-state index is 5.75. The van der Waals surface area contributed by atoms with Gasteiger partial charge in [0.1, 0.15) is 0 Å². The number of aliphatic imine (C=N–C) groups is 1. The molecule has 1 aromatic carbocycles. The molecule has 0 radical (unpaired) electrons. The van der Waals surface area contributed by atoms with E-state index < -0.39 is 0 Å². The van der Waals surface area contributed by atoms with Crippen molar-refractivity contribution in [2.45, 2.75) is 19.4 Å². The molecule has 1 aromatic rings. The average molecular weight is 304 g/mol. The molecule has 0 amide bonds. The minimum atomic E-state index is 0.198. The van der Waals surface area contributed by atoms with Crippen molar-refractivity contribution in [3.8, 4) is 0 Å². The summed E-state index contributed by atoms with van der Waals surface area (Å²) in [6.07, 6.45) is 1.19. The molecule has 0 saturated carbocycles. The SMILES string of the molecule is CCNC(=NCC1CN(C)CCO1)NCCc1ccccc1. The summed E-state index contributed by atoms with van der Waals surface area (Å²) in [5.74, 6) is 0.871. The Morgan fingerprint density at radius 1 is 1.32 bits per heavy atom. The van der Waals surface area contributed by atoms with Gasteiger partial charge in [0.2, 0.25) is 0 Å². The summed E-state index contributed by atoms with van der Waals surface area (Å²) in [4.78, 5) is 6.94. The van der Waals surface area contributed by atoms with Crippen LogP contribution in [0.3, 0.4) is 0 Å². The number of likely N-dealkylation sites (N-methyl/N-ethyl adjacent to an activating group) is 1. The number of nitrogens with one attached hydrogen (secondary N) is 2. The van der Waals surface area contributed by atoms with E-state index in [9.17, 15) is 0 Å². The second kappa shape index (κ2) is 9.43. The first kappa shape index (κ1) is 16.8. The van der Waals surface area contributed by atoms with E-state index in [1.165, 1.54) is 5.56 Å².